The quantitative estimate of drug-likeness (QED) is 0.678. The molecule has 0 aliphatic carbocycles. The zero-order chi connectivity index (χ0) is 18.2. The third-order valence-electron chi connectivity index (χ3n) is 3.42. The Morgan fingerprint density at radius 1 is 1.08 bits per heavy atom. The summed E-state index contributed by atoms with van der Waals surface area (Å²) in [5.74, 6) is -2.32. The first kappa shape index (κ1) is 16.5. The van der Waals surface area contributed by atoms with Crippen molar-refractivity contribution in [2.75, 3.05) is 5.32 Å². The highest BCUT2D eigenvalue weighted by molar-refractivity contribution is 6.06. The average molecular weight is 348 g/mol. The van der Waals surface area contributed by atoms with Crippen LogP contribution in [0.15, 0.2) is 42.5 Å². The van der Waals surface area contributed by atoms with Crippen LogP contribution in [0, 0.1) is 0 Å². The summed E-state index contributed by atoms with van der Waals surface area (Å²) in [6, 6.07) is 9.94. The summed E-state index contributed by atoms with van der Waals surface area (Å²) in [6.45, 7) is 0. The van der Waals surface area contributed by atoms with Crippen LogP contribution in [0.1, 0.15) is 26.5 Å². The summed E-state index contributed by atoms with van der Waals surface area (Å²) in [7, 11) is 0. The molecule has 128 valence electrons. The number of amides is 2. The standard InChI is InChI=1S/C16H11F3N4O2/c17-16(18,19)15-22-11-5-4-9(7-12(11)23-15)14(25)21-10-3-1-2-8(6-10)13(20)24/h1-7H,(H2,20,24)(H,21,25)(H,22,23). The van der Waals surface area contributed by atoms with E-state index < -0.39 is 23.8 Å². The number of primary amides is 1. The van der Waals surface area contributed by atoms with Gasteiger partial charge >= 0.3 is 6.18 Å². The molecule has 25 heavy (non-hydrogen) atoms. The number of carbonyl (C=O) groups excluding carboxylic acids is 2. The smallest absolute Gasteiger partial charge is 0.366 e. The van der Waals surface area contributed by atoms with E-state index in [2.05, 4.69) is 15.3 Å². The van der Waals surface area contributed by atoms with Gasteiger partial charge in [-0.3, -0.25) is 9.59 Å². The lowest BCUT2D eigenvalue weighted by atomic mass is 10.1. The number of nitrogens with one attached hydrogen (secondary N) is 2. The molecule has 3 rings (SSSR count). The van der Waals surface area contributed by atoms with E-state index in [1.807, 2.05) is 0 Å². The van der Waals surface area contributed by atoms with E-state index in [0.717, 1.165) is 0 Å². The molecular weight excluding hydrogens is 337 g/mol. The lowest BCUT2D eigenvalue weighted by Gasteiger charge is -2.06. The van der Waals surface area contributed by atoms with E-state index in [4.69, 9.17) is 5.73 Å². The van der Waals surface area contributed by atoms with Crippen LogP contribution in [0.3, 0.4) is 0 Å². The number of nitrogens with zero attached hydrogens (tertiary/aromatic N) is 1. The lowest BCUT2D eigenvalue weighted by Crippen LogP contribution is -2.14. The molecule has 4 N–H and O–H groups in total. The first-order valence-electron chi connectivity index (χ1n) is 7.02. The van der Waals surface area contributed by atoms with Gasteiger partial charge in [0.05, 0.1) is 11.0 Å². The van der Waals surface area contributed by atoms with Crippen molar-refractivity contribution in [3.05, 3.63) is 59.4 Å². The van der Waals surface area contributed by atoms with E-state index in [-0.39, 0.29) is 22.2 Å². The fraction of sp³-hybridized carbons (Fsp3) is 0.0625. The Morgan fingerprint density at radius 2 is 1.84 bits per heavy atom. The zero-order valence-corrected chi connectivity index (χ0v) is 12.5. The van der Waals surface area contributed by atoms with E-state index in [1.54, 1.807) is 12.1 Å². The van der Waals surface area contributed by atoms with Crippen molar-refractivity contribution in [2.24, 2.45) is 5.73 Å². The molecule has 6 nitrogen and oxygen atoms in total. The molecule has 0 aliphatic heterocycles. The van der Waals surface area contributed by atoms with E-state index in [0.29, 0.717) is 5.69 Å². The number of rotatable bonds is 3. The molecule has 0 saturated heterocycles. The van der Waals surface area contributed by atoms with Crippen LogP contribution in [-0.2, 0) is 6.18 Å². The van der Waals surface area contributed by atoms with Gasteiger partial charge in [-0.15, -0.1) is 0 Å². The maximum atomic E-state index is 12.7. The summed E-state index contributed by atoms with van der Waals surface area (Å²) in [5, 5.41) is 2.55. The summed E-state index contributed by atoms with van der Waals surface area (Å²) in [6.07, 6.45) is -4.60. The van der Waals surface area contributed by atoms with Crippen molar-refractivity contribution in [3.8, 4) is 0 Å². The summed E-state index contributed by atoms with van der Waals surface area (Å²) in [4.78, 5) is 29.0. The summed E-state index contributed by atoms with van der Waals surface area (Å²) in [5.41, 5.74) is 6.04. The number of hydrogen-bond acceptors (Lipinski definition) is 3. The fourth-order valence-corrected chi connectivity index (χ4v) is 2.24. The predicted octanol–water partition coefficient (Wildman–Crippen LogP) is 2.93. The van der Waals surface area contributed by atoms with Gasteiger partial charge in [-0.25, -0.2) is 4.98 Å². The number of aromatic nitrogens is 2. The van der Waals surface area contributed by atoms with Gasteiger partial charge in [0.25, 0.3) is 5.91 Å². The van der Waals surface area contributed by atoms with Crippen molar-refractivity contribution in [1.82, 2.24) is 9.97 Å². The molecule has 0 aliphatic rings. The Kier molecular flexibility index (Phi) is 3.91. The Bertz CT molecular complexity index is 979. The number of nitrogens with two attached hydrogens (primary N) is 1. The van der Waals surface area contributed by atoms with Crippen LogP contribution in [-0.4, -0.2) is 21.8 Å². The Balaban J connectivity index is 1.87. The molecule has 0 atom stereocenters. The highest BCUT2D eigenvalue weighted by Crippen LogP contribution is 2.28. The number of anilines is 1. The first-order chi connectivity index (χ1) is 11.7. The molecule has 2 aromatic carbocycles. The maximum Gasteiger partial charge on any atom is 0.449 e. The van der Waals surface area contributed by atoms with Crippen LogP contribution in [0.25, 0.3) is 11.0 Å². The second-order valence-electron chi connectivity index (χ2n) is 5.21. The second-order valence-corrected chi connectivity index (χ2v) is 5.21. The highest BCUT2D eigenvalue weighted by atomic mass is 19.4. The number of hydrogen-bond donors (Lipinski definition) is 3. The molecule has 1 aromatic heterocycles. The normalized spacial score (nSPS) is 11.5. The minimum atomic E-state index is -4.60. The van der Waals surface area contributed by atoms with Crippen molar-refractivity contribution >= 4 is 28.5 Å². The van der Waals surface area contributed by atoms with Crippen LogP contribution in [0.5, 0.6) is 0 Å². The van der Waals surface area contributed by atoms with Crippen molar-refractivity contribution in [3.63, 3.8) is 0 Å². The molecule has 1 heterocycles. The molecule has 0 bridgehead atoms. The maximum absolute atomic E-state index is 12.7. The molecular formula is C16H11F3N4O2. The minimum absolute atomic E-state index is 0.0888. The molecule has 0 unspecified atom stereocenters. The van der Waals surface area contributed by atoms with Gasteiger partial charge in [0.1, 0.15) is 0 Å². The van der Waals surface area contributed by atoms with Gasteiger partial charge in [0.2, 0.25) is 11.7 Å². The van der Waals surface area contributed by atoms with Crippen LogP contribution in [0.2, 0.25) is 0 Å². The number of carbonyl (C=O) groups is 2. The number of imidazole rings is 1. The highest BCUT2D eigenvalue weighted by Gasteiger charge is 2.34. The van der Waals surface area contributed by atoms with Gasteiger partial charge in [-0.2, -0.15) is 13.2 Å². The minimum Gasteiger partial charge on any atom is -0.366 e. The Morgan fingerprint density at radius 3 is 2.52 bits per heavy atom. The third-order valence-corrected chi connectivity index (χ3v) is 3.42. The zero-order valence-electron chi connectivity index (χ0n) is 12.5. The fourth-order valence-electron chi connectivity index (χ4n) is 2.24. The first-order valence-corrected chi connectivity index (χ1v) is 7.02. The second kappa shape index (κ2) is 5.93. The number of halogens is 3. The molecule has 2 amide bonds. The van der Waals surface area contributed by atoms with Gasteiger partial charge < -0.3 is 16.0 Å². The monoisotopic (exact) mass is 348 g/mol. The topological polar surface area (TPSA) is 101 Å². The lowest BCUT2D eigenvalue weighted by molar-refractivity contribution is -0.144. The summed E-state index contributed by atoms with van der Waals surface area (Å²) >= 11 is 0. The van der Waals surface area contributed by atoms with Gasteiger partial charge in [0.15, 0.2) is 0 Å². The number of benzene rings is 2. The SMILES string of the molecule is NC(=O)c1cccc(NC(=O)c2ccc3nc(C(F)(F)F)[nH]c3c2)c1. The molecule has 9 heteroatoms. The van der Waals surface area contributed by atoms with Crippen LogP contribution >= 0.6 is 0 Å². The van der Waals surface area contributed by atoms with E-state index in [1.165, 1.54) is 30.3 Å². The van der Waals surface area contributed by atoms with Gasteiger partial charge in [-0.1, -0.05) is 6.07 Å². The Labute approximate surface area is 138 Å². The predicted molar refractivity (Wildman–Crippen MR) is 84.0 cm³/mol. The van der Waals surface area contributed by atoms with Crippen LogP contribution in [0.4, 0.5) is 18.9 Å². The summed E-state index contributed by atoms with van der Waals surface area (Å²) < 4.78 is 38.0. The Hall–Kier alpha value is -3.36. The molecule has 0 spiro atoms. The number of alkyl halides is 3. The third kappa shape index (κ3) is 3.44. The largest absolute Gasteiger partial charge is 0.449 e. The van der Waals surface area contributed by atoms with E-state index >= 15 is 0 Å². The molecule has 0 fully saturated rings. The van der Waals surface area contributed by atoms with Crippen LogP contribution < -0.4 is 11.1 Å². The number of H-pyrrole nitrogens is 1. The molecule has 0 saturated carbocycles. The van der Waals surface area contributed by atoms with E-state index in [9.17, 15) is 22.8 Å². The number of aromatic amines is 1. The molecule has 0 radical (unpaired) electrons. The van der Waals surface area contributed by atoms with Crippen molar-refractivity contribution in [2.45, 2.75) is 6.18 Å². The van der Waals surface area contributed by atoms with Gasteiger partial charge in [0, 0.05) is 16.8 Å². The molecule has 3 aromatic rings. The van der Waals surface area contributed by atoms with Crippen molar-refractivity contribution < 1.29 is 22.8 Å². The average Bonchev–Trinajstić information content (AvgIpc) is 2.98. The number of fused-ring (bicyclic) bond motifs is 1. The van der Waals surface area contributed by atoms with Gasteiger partial charge in [-0.05, 0) is 36.4 Å². The van der Waals surface area contributed by atoms with Crippen molar-refractivity contribution in [1.29, 1.82) is 0 Å².